The molecular formula is C13H23N. The maximum absolute atomic E-state index is 2.18. The maximum atomic E-state index is 2.18. The van der Waals surface area contributed by atoms with Crippen molar-refractivity contribution in [1.82, 2.24) is 4.90 Å². The predicted molar refractivity (Wildman–Crippen MR) is 65.0 cm³/mol. The van der Waals surface area contributed by atoms with E-state index in [2.05, 4.69) is 65.8 Å². The van der Waals surface area contributed by atoms with E-state index in [9.17, 15) is 0 Å². The van der Waals surface area contributed by atoms with Gasteiger partial charge < -0.3 is 4.90 Å². The molecule has 0 heterocycles. The van der Waals surface area contributed by atoms with E-state index in [4.69, 9.17) is 0 Å². The molecule has 0 bridgehead atoms. The van der Waals surface area contributed by atoms with Crippen LogP contribution in [0.5, 0.6) is 0 Å². The van der Waals surface area contributed by atoms with Crippen molar-refractivity contribution in [2.45, 2.75) is 41.5 Å². The Hall–Kier alpha value is -0.980. The highest BCUT2D eigenvalue weighted by Crippen LogP contribution is 2.14. The number of hydrogen-bond acceptors (Lipinski definition) is 1. The molecule has 0 saturated carbocycles. The van der Waals surface area contributed by atoms with Crippen molar-refractivity contribution < 1.29 is 0 Å². The molecule has 0 aromatic heterocycles. The lowest BCUT2D eigenvalue weighted by Gasteiger charge is -2.16. The molecule has 80 valence electrons. The van der Waals surface area contributed by atoms with Crippen LogP contribution >= 0.6 is 0 Å². The lowest BCUT2D eigenvalue weighted by molar-refractivity contribution is 0.564. The molecule has 0 N–H and O–H groups in total. The monoisotopic (exact) mass is 193 g/mol. The molecule has 0 radical (unpaired) electrons. The lowest BCUT2D eigenvalue weighted by atomic mass is 10.1. The summed E-state index contributed by atoms with van der Waals surface area (Å²) in [7, 11) is 2.08. The van der Waals surface area contributed by atoms with Crippen LogP contribution in [0.25, 0.3) is 0 Å². The van der Waals surface area contributed by atoms with E-state index in [1.807, 2.05) is 0 Å². The topological polar surface area (TPSA) is 3.24 Å². The Morgan fingerprint density at radius 3 is 1.86 bits per heavy atom. The first-order valence-corrected chi connectivity index (χ1v) is 5.08. The molecular weight excluding hydrogens is 170 g/mol. The van der Waals surface area contributed by atoms with Crippen molar-refractivity contribution >= 4 is 0 Å². The Kier molecular flexibility index (Phi) is 5.29. The summed E-state index contributed by atoms with van der Waals surface area (Å²) in [6.07, 6.45) is 4.29. The molecule has 0 aliphatic heterocycles. The minimum absolute atomic E-state index is 1.27. The summed E-state index contributed by atoms with van der Waals surface area (Å²) >= 11 is 0. The van der Waals surface area contributed by atoms with Crippen LogP contribution in [0.4, 0.5) is 0 Å². The van der Waals surface area contributed by atoms with E-state index < -0.39 is 0 Å². The van der Waals surface area contributed by atoms with E-state index in [1.54, 1.807) is 0 Å². The maximum Gasteiger partial charge on any atom is 0.0109 e. The van der Waals surface area contributed by atoms with E-state index in [0.717, 1.165) is 0 Å². The molecule has 14 heavy (non-hydrogen) atoms. The zero-order valence-corrected chi connectivity index (χ0v) is 10.6. The second-order valence-electron chi connectivity index (χ2n) is 3.98. The van der Waals surface area contributed by atoms with Gasteiger partial charge in [0.1, 0.15) is 0 Å². The Labute approximate surface area is 88.8 Å². The van der Waals surface area contributed by atoms with Gasteiger partial charge in [0.2, 0.25) is 0 Å². The third-order valence-electron chi connectivity index (χ3n) is 2.70. The molecule has 0 aliphatic rings. The normalized spacial score (nSPS) is 12.8. The predicted octanol–water partition coefficient (Wildman–Crippen LogP) is 4.10. The molecule has 0 aromatic carbocycles. The standard InChI is InChI=1S/C13H23N/c1-8-12(5)14(7)9-11(4)13(6)10(2)3/h8-9H,1-7H3. The second-order valence-corrected chi connectivity index (χ2v) is 3.98. The molecule has 0 unspecified atom stereocenters. The van der Waals surface area contributed by atoms with E-state index >= 15 is 0 Å². The largest absolute Gasteiger partial charge is 0.355 e. The van der Waals surface area contributed by atoms with Gasteiger partial charge in [-0.05, 0) is 52.7 Å². The van der Waals surface area contributed by atoms with Crippen molar-refractivity contribution in [3.8, 4) is 0 Å². The third-order valence-corrected chi connectivity index (χ3v) is 2.70. The summed E-state index contributed by atoms with van der Waals surface area (Å²) < 4.78 is 0. The molecule has 1 nitrogen and oxygen atoms in total. The minimum Gasteiger partial charge on any atom is -0.355 e. The van der Waals surface area contributed by atoms with Gasteiger partial charge in [-0.3, -0.25) is 0 Å². The Morgan fingerprint density at radius 1 is 1.00 bits per heavy atom. The van der Waals surface area contributed by atoms with Gasteiger partial charge in [0, 0.05) is 18.9 Å². The van der Waals surface area contributed by atoms with Crippen LogP contribution in [0.15, 0.2) is 34.7 Å². The van der Waals surface area contributed by atoms with Crippen LogP contribution in [-0.4, -0.2) is 11.9 Å². The van der Waals surface area contributed by atoms with Gasteiger partial charge in [0.05, 0.1) is 0 Å². The third kappa shape index (κ3) is 3.82. The minimum atomic E-state index is 1.27. The first kappa shape index (κ1) is 13.0. The van der Waals surface area contributed by atoms with E-state index in [0.29, 0.717) is 0 Å². The summed E-state index contributed by atoms with van der Waals surface area (Å²) in [5.74, 6) is 0. The molecule has 0 aromatic rings. The van der Waals surface area contributed by atoms with Crippen LogP contribution in [0.1, 0.15) is 41.5 Å². The van der Waals surface area contributed by atoms with Crippen LogP contribution in [-0.2, 0) is 0 Å². The van der Waals surface area contributed by atoms with Gasteiger partial charge in [0.25, 0.3) is 0 Å². The second kappa shape index (κ2) is 5.69. The number of hydrogen-bond donors (Lipinski definition) is 0. The van der Waals surface area contributed by atoms with Gasteiger partial charge in [-0.1, -0.05) is 11.6 Å². The van der Waals surface area contributed by atoms with Crippen molar-refractivity contribution in [2.75, 3.05) is 7.05 Å². The van der Waals surface area contributed by atoms with E-state index in [1.165, 1.54) is 22.4 Å². The zero-order chi connectivity index (χ0) is 11.3. The Bertz CT molecular complexity index is 276. The van der Waals surface area contributed by atoms with Gasteiger partial charge in [-0.25, -0.2) is 0 Å². The van der Waals surface area contributed by atoms with Crippen LogP contribution < -0.4 is 0 Å². The molecule has 0 aliphatic carbocycles. The zero-order valence-electron chi connectivity index (χ0n) is 10.6. The highest BCUT2D eigenvalue weighted by Gasteiger charge is 1.98. The summed E-state index contributed by atoms with van der Waals surface area (Å²) in [5, 5.41) is 0. The molecule has 0 amide bonds. The fourth-order valence-electron chi connectivity index (χ4n) is 1.09. The smallest absolute Gasteiger partial charge is 0.0109 e. The number of allylic oxidation sites excluding steroid dienone is 5. The van der Waals surface area contributed by atoms with Crippen molar-refractivity contribution in [1.29, 1.82) is 0 Å². The SMILES string of the molecule is CC=C(C)N(C)C=C(C)C(C)=C(C)C. The van der Waals surface area contributed by atoms with Crippen molar-refractivity contribution in [3.05, 3.63) is 34.7 Å². The molecule has 1 heteroatoms. The Morgan fingerprint density at radius 2 is 1.50 bits per heavy atom. The fraction of sp³-hybridized carbons (Fsp3) is 0.538. The summed E-state index contributed by atoms with van der Waals surface area (Å²) in [6.45, 7) is 12.8. The lowest BCUT2D eigenvalue weighted by Crippen LogP contribution is -2.08. The van der Waals surface area contributed by atoms with Gasteiger partial charge in [-0.2, -0.15) is 0 Å². The van der Waals surface area contributed by atoms with Crippen LogP contribution in [0.2, 0.25) is 0 Å². The van der Waals surface area contributed by atoms with Gasteiger partial charge in [0.15, 0.2) is 0 Å². The number of rotatable bonds is 3. The van der Waals surface area contributed by atoms with Gasteiger partial charge in [-0.15, -0.1) is 0 Å². The average molecular weight is 193 g/mol. The number of nitrogens with zero attached hydrogens (tertiary/aromatic N) is 1. The first-order chi connectivity index (χ1) is 6.40. The molecule has 0 rings (SSSR count). The molecule has 0 atom stereocenters. The van der Waals surface area contributed by atoms with Gasteiger partial charge >= 0.3 is 0 Å². The highest BCUT2D eigenvalue weighted by molar-refractivity contribution is 5.30. The average Bonchev–Trinajstić information content (AvgIpc) is 2.14. The quantitative estimate of drug-likeness (QED) is 0.610. The molecule has 0 saturated heterocycles. The van der Waals surface area contributed by atoms with Crippen molar-refractivity contribution in [3.63, 3.8) is 0 Å². The first-order valence-electron chi connectivity index (χ1n) is 5.08. The van der Waals surface area contributed by atoms with Crippen LogP contribution in [0, 0.1) is 0 Å². The molecule has 0 fully saturated rings. The fourth-order valence-corrected chi connectivity index (χ4v) is 1.09. The summed E-state index contributed by atoms with van der Waals surface area (Å²) in [4.78, 5) is 2.15. The molecule has 0 spiro atoms. The summed E-state index contributed by atoms with van der Waals surface area (Å²) in [5.41, 5.74) is 5.35. The van der Waals surface area contributed by atoms with E-state index in [-0.39, 0.29) is 0 Å². The summed E-state index contributed by atoms with van der Waals surface area (Å²) in [6, 6.07) is 0. The van der Waals surface area contributed by atoms with Crippen molar-refractivity contribution in [2.24, 2.45) is 0 Å². The van der Waals surface area contributed by atoms with Crippen LogP contribution in [0.3, 0.4) is 0 Å². The Balaban J connectivity index is 4.78. The highest BCUT2D eigenvalue weighted by atomic mass is 15.1.